The van der Waals surface area contributed by atoms with Crippen LogP contribution in [0.2, 0.25) is 0 Å². The van der Waals surface area contributed by atoms with Gasteiger partial charge in [0.05, 0.1) is 23.2 Å². The van der Waals surface area contributed by atoms with Crippen LogP contribution < -0.4 is 15.9 Å². The van der Waals surface area contributed by atoms with E-state index in [2.05, 4.69) is 51.1 Å². The maximum Gasteiger partial charge on any atom is 0.226 e. The van der Waals surface area contributed by atoms with E-state index in [1.807, 2.05) is 25.1 Å². The quantitative estimate of drug-likeness (QED) is 0.164. The van der Waals surface area contributed by atoms with Crippen LogP contribution in [0.1, 0.15) is 117 Å². The van der Waals surface area contributed by atoms with E-state index in [4.69, 9.17) is 4.98 Å². The van der Waals surface area contributed by atoms with E-state index in [1.165, 1.54) is 16.7 Å². The third kappa shape index (κ3) is 6.07. The Kier molecular flexibility index (Phi) is 9.53. The average molecular weight is 716 g/mol. The molecule has 0 radical (unpaired) electrons. The maximum atomic E-state index is 14.3. The van der Waals surface area contributed by atoms with E-state index in [9.17, 15) is 19.2 Å². The van der Waals surface area contributed by atoms with Crippen molar-refractivity contribution < 1.29 is 19.2 Å². The topological polar surface area (TPSA) is 105 Å². The van der Waals surface area contributed by atoms with Crippen LogP contribution in [0.25, 0.3) is 16.5 Å². The number of carbonyl (C=O) groups excluding carboxylic acids is 4. The predicted octanol–water partition coefficient (Wildman–Crippen LogP) is 7.06. The van der Waals surface area contributed by atoms with Gasteiger partial charge in [-0.2, -0.15) is 0 Å². The summed E-state index contributed by atoms with van der Waals surface area (Å²) in [4.78, 5) is 59.2. The molecule has 270 valence electrons. The molecule has 5 aliphatic carbocycles. The third-order valence-corrected chi connectivity index (χ3v) is 13.6. The van der Waals surface area contributed by atoms with Crippen molar-refractivity contribution >= 4 is 54.4 Å². The van der Waals surface area contributed by atoms with E-state index in [0.717, 1.165) is 108 Å². The summed E-state index contributed by atoms with van der Waals surface area (Å²) in [6, 6.07) is 12.2. The molecule has 1 saturated carbocycles. The summed E-state index contributed by atoms with van der Waals surface area (Å²) >= 11 is 0. The summed E-state index contributed by atoms with van der Waals surface area (Å²) in [6.07, 6.45) is 12.6. The highest BCUT2D eigenvalue weighted by Crippen LogP contribution is 2.51. The van der Waals surface area contributed by atoms with E-state index in [0.29, 0.717) is 38.6 Å². The molecule has 1 aromatic heterocycles. The van der Waals surface area contributed by atoms with Crippen molar-refractivity contribution in [3.05, 3.63) is 87.1 Å². The minimum absolute atomic E-state index is 0.0745. The first-order chi connectivity index (χ1) is 25.2. The van der Waals surface area contributed by atoms with E-state index in [-0.39, 0.29) is 41.3 Å². The number of nitrogens with one attached hydrogen (secondary N) is 2. The first-order valence-corrected chi connectivity index (χ1v) is 20.1. The highest BCUT2D eigenvalue weighted by molar-refractivity contribution is 7.27. The zero-order chi connectivity index (χ0) is 36.1. The SMILES string of the molecule is CCC1C(=O)CCC2=C1C=C1c3nc4cc(P)c(C)c5c4c(c3CC1C2=O)C(NC(=O)C1(CCCNC(=O)CCCc2ccccc2)CCC1)CC5. The molecule has 1 fully saturated rings. The highest BCUT2D eigenvalue weighted by atomic mass is 31.0. The molecular weight excluding hydrogens is 665 g/mol. The van der Waals surface area contributed by atoms with Gasteiger partial charge in [0.15, 0.2) is 5.78 Å². The number of ketones is 2. The number of hydrogen-bond acceptors (Lipinski definition) is 5. The number of benzene rings is 2. The van der Waals surface area contributed by atoms with Crippen LogP contribution >= 0.6 is 9.24 Å². The molecule has 7 nitrogen and oxygen atoms in total. The van der Waals surface area contributed by atoms with Crippen molar-refractivity contribution in [1.82, 2.24) is 15.6 Å². The first-order valence-electron chi connectivity index (χ1n) is 19.6. The highest BCUT2D eigenvalue weighted by Gasteiger charge is 2.47. The molecule has 1 heterocycles. The minimum atomic E-state index is -0.412. The predicted molar refractivity (Wildman–Crippen MR) is 208 cm³/mol. The number of pyridine rings is 1. The van der Waals surface area contributed by atoms with Gasteiger partial charge in [0.25, 0.3) is 0 Å². The van der Waals surface area contributed by atoms with E-state index in [1.54, 1.807) is 0 Å². The van der Waals surface area contributed by atoms with Gasteiger partial charge in [0.1, 0.15) is 5.78 Å². The lowest BCUT2D eigenvalue weighted by atomic mass is 9.65. The van der Waals surface area contributed by atoms with Crippen LogP contribution in [0.5, 0.6) is 0 Å². The lowest BCUT2D eigenvalue weighted by Gasteiger charge is -2.42. The second kappa shape index (κ2) is 14.1. The van der Waals surface area contributed by atoms with Crippen molar-refractivity contribution in [3.8, 4) is 0 Å². The zero-order valence-corrected chi connectivity index (χ0v) is 31.7. The van der Waals surface area contributed by atoms with Crippen LogP contribution in [-0.2, 0) is 38.4 Å². The number of fused-ring (bicyclic) bond motifs is 4. The van der Waals surface area contributed by atoms with E-state index >= 15 is 0 Å². The second-order valence-corrected chi connectivity index (χ2v) is 16.5. The fourth-order valence-electron chi connectivity index (χ4n) is 9.88. The molecule has 0 bridgehead atoms. The molecule has 52 heavy (non-hydrogen) atoms. The summed E-state index contributed by atoms with van der Waals surface area (Å²) in [5, 5.41) is 8.92. The zero-order valence-electron chi connectivity index (χ0n) is 30.5. The molecule has 0 spiro atoms. The third-order valence-electron chi connectivity index (χ3n) is 13.0. The van der Waals surface area contributed by atoms with Gasteiger partial charge < -0.3 is 10.6 Å². The Morgan fingerprint density at radius 1 is 1.04 bits per heavy atom. The van der Waals surface area contributed by atoms with Crippen LogP contribution in [0.15, 0.2) is 53.6 Å². The number of aryl methyl sites for hydroxylation is 2. The molecule has 2 amide bonds. The number of carbonyl (C=O) groups is 4. The number of aromatic nitrogens is 1. The lowest BCUT2D eigenvalue weighted by molar-refractivity contribution is -0.137. The van der Waals surface area contributed by atoms with Gasteiger partial charge >= 0.3 is 0 Å². The molecule has 2 aromatic carbocycles. The summed E-state index contributed by atoms with van der Waals surface area (Å²) in [5.74, 6) is 0.0623. The number of allylic oxidation sites excluding steroid dienone is 4. The fraction of sp³-hybridized carbons (Fsp3) is 0.477. The number of Topliss-reactive ketones (excluding diaryl/α,β-unsaturated/α-hetero) is 2. The van der Waals surface area contributed by atoms with Gasteiger partial charge in [0.2, 0.25) is 11.8 Å². The monoisotopic (exact) mass is 715 g/mol. The maximum absolute atomic E-state index is 14.3. The Morgan fingerprint density at radius 3 is 2.60 bits per heavy atom. The van der Waals surface area contributed by atoms with Gasteiger partial charge in [-0.25, -0.2) is 4.98 Å². The molecule has 0 aliphatic heterocycles. The Labute approximate surface area is 309 Å². The number of amides is 2. The first kappa shape index (κ1) is 35.1. The van der Waals surface area contributed by atoms with Crippen molar-refractivity contribution in [3.63, 3.8) is 0 Å². The normalized spacial score (nSPS) is 22.7. The standard InChI is InChI=1S/C44H50N3O4P/c1-3-27-30-22-31-32(42(50)29(30)15-17-36(27)48)23-33-40-34(16-14-28-25(2)37(52)24-35(39(28)40)46-41(31)33)47-43(51)44(18-8-19-44)20-9-21-45-38(49)13-7-12-26-10-5-4-6-11-26/h4-6,10-11,22,24,27,32,34H,3,7-9,12-21,23,52H2,1-2H3,(H,45,49)(H,47,51). The second-order valence-electron chi connectivity index (χ2n) is 15.9. The molecule has 8 heteroatoms. The summed E-state index contributed by atoms with van der Waals surface area (Å²) in [7, 11) is 2.88. The summed E-state index contributed by atoms with van der Waals surface area (Å²) in [5.41, 5.74) is 10.1. The van der Waals surface area contributed by atoms with Crippen LogP contribution in [0, 0.1) is 24.2 Å². The molecule has 4 unspecified atom stereocenters. The Hall–Kier alpha value is -3.96. The Morgan fingerprint density at radius 2 is 1.85 bits per heavy atom. The molecule has 0 saturated heterocycles. The minimum Gasteiger partial charge on any atom is -0.356 e. The molecule has 4 atom stereocenters. The Bertz CT molecular complexity index is 2060. The van der Waals surface area contributed by atoms with Gasteiger partial charge in [-0.05, 0) is 128 Å². The molecular formula is C44H50N3O4P. The van der Waals surface area contributed by atoms with Crippen LogP contribution in [-0.4, -0.2) is 34.9 Å². The lowest BCUT2D eigenvalue weighted by Crippen LogP contribution is -2.47. The van der Waals surface area contributed by atoms with Crippen molar-refractivity contribution in [2.75, 3.05) is 6.54 Å². The number of hydrogen-bond donors (Lipinski definition) is 2. The fourth-order valence-corrected chi connectivity index (χ4v) is 10.2. The van der Waals surface area contributed by atoms with Gasteiger partial charge in [0, 0.05) is 41.7 Å². The van der Waals surface area contributed by atoms with Crippen molar-refractivity contribution in [2.45, 2.75) is 110 Å². The van der Waals surface area contributed by atoms with Gasteiger partial charge in [-0.3, -0.25) is 19.2 Å². The average Bonchev–Trinajstić information content (AvgIpc) is 3.49. The van der Waals surface area contributed by atoms with Gasteiger partial charge in [-0.1, -0.05) is 49.8 Å². The van der Waals surface area contributed by atoms with Crippen molar-refractivity contribution in [2.24, 2.45) is 17.3 Å². The summed E-state index contributed by atoms with van der Waals surface area (Å²) < 4.78 is 0. The van der Waals surface area contributed by atoms with Gasteiger partial charge in [-0.15, -0.1) is 9.24 Å². The Balaban J connectivity index is 1.02. The van der Waals surface area contributed by atoms with Crippen LogP contribution in [0.4, 0.5) is 0 Å². The summed E-state index contributed by atoms with van der Waals surface area (Å²) in [6.45, 7) is 4.78. The molecule has 3 aromatic rings. The largest absolute Gasteiger partial charge is 0.356 e. The molecule has 5 aliphatic rings. The molecule has 2 N–H and O–H groups in total. The molecule has 8 rings (SSSR count). The smallest absolute Gasteiger partial charge is 0.226 e. The van der Waals surface area contributed by atoms with Crippen LogP contribution in [0.3, 0.4) is 0 Å². The number of nitrogens with zero attached hydrogens (tertiary/aromatic N) is 1. The van der Waals surface area contributed by atoms with E-state index < -0.39 is 5.41 Å². The van der Waals surface area contributed by atoms with Crippen molar-refractivity contribution in [1.29, 1.82) is 0 Å². The number of rotatable bonds is 11.